The maximum atomic E-state index is 12.8. The molecule has 0 saturated heterocycles. The largest absolute Gasteiger partial charge is 0.444 e. The smallest absolute Gasteiger partial charge is 0.407 e. The minimum atomic E-state index is -0.558. The first kappa shape index (κ1) is 16.9. The van der Waals surface area contributed by atoms with E-state index in [1.165, 1.54) is 12.1 Å². The summed E-state index contributed by atoms with van der Waals surface area (Å²) in [5.74, 6) is 0.169. The number of alkyl carbamates (subject to hydrolysis) is 1. The van der Waals surface area contributed by atoms with E-state index in [0.29, 0.717) is 17.9 Å². The average molecular weight is 322 g/mol. The number of amides is 1. The summed E-state index contributed by atoms with van der Waals surface area (Å²) >= 11 is 0. The molecule has 0 fully saturated rings. The number of aromatic nitrogens is 3. The van der Waals surface area contributed by atoms with Crippen molar-refractivity contribution in [1.82, 2.24) is 20.4 Å². The Morgan fingerprint density at radius 3 is 2.78 bits per heavy atom. The number of nitrogens with one attached hydrogen (secondary N) is 1. The second-order valence-corrected chi connectivity index (χ2v) is 6.13. The van der Waals surface area contributed by atoms with Crippen LogP contribution >= 0.6 is 0 Å². The first-order valence-corrected chi connectivity index (χ1v) is 7.17. The Hall–Kier alpha value is -2.51. The van der Waals surface area contributed by atoms with Crippen molar-refractivity contribution in [3.63, 3.8) is 0 Å². The number of hydrogen-bond acceptors (Lipinski definition) is 6. The van der Waals surface area contributed by atoms with E-state index in [9.17, 15) is 9.18 Å². The van der Waals surface area contributed by atoms with Crippen LogP contribution in [0, 0.1) is 5.82 Å². The van der Waals surface area contributed by atoms with Gasteiger partial charge in [0, 0.05) is 12.5 Å². The minimum Gasteiger partial charge on any atom is -0.444 e. The SMILES string of the molecule is C[C@@H](Cc1noc(-c2ccc(F)cn2)n1)NC(=O)OC(C)(C)C. The van der Waals surface area contributed by atoms with Gasteiger partial charge in [-0.25, -0.2) is 14.2 Å². The molecule has 0 aliphatic rings. The zero-order chi connectivity index (χ0) is 17.0. The number of rotatable bonds is 4. The number of nitrogens with zero attached hydrogens (tertiary/aromatic N) is 3. The molecule has 124 valence electrons. The molecule has 7 nitrogen and oxygen atoms in total. The number of carbonyl (C=O) groups excluding carboxylic acids is 1. The zero-order valence-electron chi connectivity index (χ0n) is 13.5. The van der Waals surface area contributed by atoms with Gasteiger partial charge < -0.3 is 14.6 Å². The van der Waals surface area contributed by atoms with Crippen LogP contribution in [-0.2, 0) is 11.2 Å². The van der Waals surface area contributed by atoms with Gasteiger partial charge in [0.15, 0.2) is 5.82 Å². The second-order valence-electron chi connectivity index (χ2n) is 6.13. The Kier molecular flexibility index (Phi) is 4.92. The summed E-state index contributed by atoms with van der Waals surface area (Å²) in [6.07, 6.45) is 0.935. The van der Waals surface area contributed by atoms with Crippen LogP contribution in [0.2, 0.25) is 0 Å². The Morgan fingerprint density at radius 1 is 1.43 bits per heavy atom. The Morgan fingerprint density at radius 2 is 2.17 bits per heavy atom. The van der Waals surface area contributed by atoms with Crippen molar-refractivity contribution in [2.75, 3.05) is 0 Å². The first-order chi connectivity index (χ1) is 10.7. The Bertz CT molecular complexity index is 664. The maximum absolute atomic E-state index is 12.8. The number of pyridine rings is 1. The molecule has 0 aromatic carbocycles. The summed E-state index contributed by atoms with van der Waals surface area (Å²) in [6.45, 7) is 7.17. The topological polar surface area (TPSA) is 90.1 Å². The van der Waals surface area contributed by atoms with E-state index in [4.69, 9.17) is 9.26 Å². The molecule has 1 amide bonds. The summed E-state index contributed by atoms with van der Waals surface area (Å²) < 4.78 is 23.1. The lowest BCUT2D eigenvalue weighted by Gasteiger charge is -2.21. The standard InChI is InChI=1S/C15H19FN4O3/c1-9(18-14(21)22-15(2,3)4)7-12-19-13(23-20-12)11-6-5-10(16)8-17-11/h5-6,8-9H,7H2,1-4H3,(H,18,21)/t9-/m0/s1. The third-order valence-electron chi connectivity index (χ3n) is 2.67. The summed E-state index contributed by atoms with van der Waals surface area (Å²) in [4.78, 5) is 19.7. The molecule has 0 radical (unpaired) electrons. The molecule has 1 atom stereocenters. The minimum absolute atomic E-state index is 0.199. The van der Waals surface area contributed by atoms with E-state index >= 15 is 0 Å². The summed E-state index contributed by atoms with van der Waals surface area (Å²) in [5, 5.41) is 6.52. The third kappa shape index (κ3) is 5.32. The fourth-order valence-electron chi connectivity index (χ4n) is 1.78. The Labute approximate surface area is 133 Å². The van der Waals surface area contributed by atoms with Crippen molar-refractivity contribution >= 4 is 6.09 Å². The molecule has 2 heterocycles. The summed E-state index contributed by atoms with van der Waals surface area (Å²) in [6, 6.07) is 2.48. The predicted octanol–water partition coefficient (Wildman–Crippen LogP) is 2.73. The van der Waals surface area contributed by atoms with Gasteiger partial charge in [-0.05, 0) is 39.8 Å². The second kappa shape index (κ2) is 6.72. The van der Waals surface area contributed by atoms with Gasteiger partial charge in [0.2, 0.25) is 0 Å². The molecular weight excluding hydrogens is 303 g/mol. The molecule has 2 aromatic heterocycles. The Balaban J connectivity index is 1.93. The maximum Gasteiger partial charge on any atom is 0.407 e. The van der Waals surface area contributed by atoms with E-state index in [0.717, 1.165) is 6.20 Å². The third-order valence-corrected chi connectivity index (χ3v) is 2.67. The van der Waals surface area contributed by atoms with Crippen LogP contribution in [0.15, 0.2) is 22.9 Å². The van der Waals surface area contributed by atoms with Crippen molar-refractivity contribution < 1.29 is 18.4 Å². The van der Waals surface area contributed by atoms with Crippen LogP contribution in [0.1, 0.15) is 33.5 Å². The number of carbonyl (C=O) groups is 1. The lowest BCUT2D eigenvalue weighted by molar-refractivity contribution is 0.0508. The molecule has 0 aliphatic carbocycles. The van der Waals surface area contributed by atoms with E-state index in [1.807, 2.05) is 0 Å². The van der Waals surface area contributed by atoms with Crippen molar-refractivity contribution in [3.8, 4) is 11.6 Å². The van der Waals surface area contributed by atoms with Crippen molar-refractivity contribution in [2.45, 2.75) is 45.8 Å². The molecule has 8 heteroatoms. The highest BCUT2D eigenvalue weighted by Gasteiger charge is 2.19. The van der Waals surface area contributed by atoms with E-state index in [1.54, 1.807) is 27.7 Å². The lowest BCUT2D eigenvalue weighted by Crippen LogP contribution is -2.38. The fourth-order valence-corrected chi connectivity index (χ4v) is 1.78. The van der Waals surface area contributed by atoms with E-state index in [-0.39, 0.29) is 11.9 Å². The summed E-state index contributed by atoms with van der Waals surface area (Å²) in [7, 11) is 0. The van der Waals surface area contributed by atoms with Crippen molar-refractivity contribution in [1.29, 1.82) is 0 Å². The average Bonchev–Trinajstić information content (AvgIpc) is 2.85. The lowest BCUT2D eigenvalue weighted by atomic mass is 10.2. The molecule has 1 N–H and O–H groups in total. The number of halogens is 1. The van der Waals surface area contributed by atoms with Gasteiger partial charge in [-0.1, -0.05) is 5.16 Å². The highest BCUT2D eigenvalue weighted by Crippen LogP contribution is 2.15. The van der Waals surface area contributed by atoms with Crippen LogP contribution in [0.5, 0.6) is 0 Å². The molecule has 0 bridgehead atoms. The number of hydrogen-bond donors (Lipinski definition) is 1. The molecule has 2 rings (SSSR count). The van der Waals surface area contributed by atoms with Crippen LogP contribution in [-0.4, -0.2) is 32.9 Å². The normalized spacial score (nSPS) is 12.7. The molecule has 2 aromatic rings. The van der Waals surface area contributed by atoms with Gasteiger partial charge in [-0.15, -0.1) is 0 Å². The predicted molar refractivity (Wildman–Crippen MR) is 80.0 cm³/mol. The van der Waals surface area contributed by atoms with Crippen molar-refractivity contribution in [3.05, 3.63) is 30.0 Å². The van der Waals surface area contributed by atoms with Gasteiger partial charge in [-0.3, -0.25) is 0 Å². The van der Waals surface area contributed by atoms with E-state index in [2.05, 4.69) is 20.4 Å². The first-order valence-electron chi connectivity index (χ1n) is 7.17. The molecule has 23 heavy (non-hydrogen) atoms. The highest BCUT2D eigenvalue weighted by molar-refractivity contribution is 5.68. The molecule has 0 unspecified atom stereocenters. The van der Waals surface area contributed by atoms with E-state index < -0.39 is 17.5 Å². The zero-order valence-corrected chi connectivity index (χ0v) is 13.5. The molecule has 0 saturated carbocycles. The van der Waals surface area contributed by atoms with Gasteiger partial charge in [0.05, 0.1) is 6.20 Å². The van der Waals surface area contributed by atoms with Crippen LogP contribution in [0.25, 0.3) is 11.6 Å². The molecule has 0 aliphatic heterocycles. The quantitative estimate of drug-likeness (QED) is 0.931. The van der Waals surface area contributed by atoms with Crippen molar-refractivity contribution in [2.24, 2.45) is 0 Å². The molecular formula is C15H19FN4O3. The summed E-state index contributed by atoms with van der Waals surface area (Å²) in [5.41, 5.74) is -0.171. The van der Waals surface area contributed by atoms with Gasteiger partial charge in [-0.2, -0.15) is 4.98 Å². The van der Waals surface area contributed by atoms with Crippen LogP contribution in [0.4, 0.5) is 9.18 Å². The van der Waals surface area contributed by atoms with Gasteiger partial charge in [0.1, 0.15) is 17.1 Å². The highest BCUT2D eigenvalue weighted by atomic mass is 19.1. The number of ether oxygens (including phenoxy) is 1. The van der Waals surface area contributed by atoms with Crippen LogP contribution < -0.4 is 5.32 Å². The van der Waals surface area contributed by atoms with Crippen LogP contribution in [0.3, 0.4) is 0 Å². The van der Waals surface area contributed by atoms with Gasteiger partial charge in [0.25, 0.3) is 5.89 Å². The van der Waals surface area contributed by atoms with Gasteiger partial charge >= 0.3 is 6.09 Å². The monoisotopic (exact) mass is 322 g/mol. The fraction of sp³-hybridized carbons (Fsp3) is 0.467. The molecule has 0 spiro atoms.